The normalized spacial score (nSPS) is 21.2. The van der Waals surface area contributed by atoms with E-state index in [0.717, 1.165) is 50.4 Å². The number of carbonyl (C=O) groups is 1. The molecule has 0 unspecified atom stereocenters. The number of likely N-dealkylation sites (tertiary alicyclic amines) is 1. The van der Waals surface area contributed by atoms with Gasteiger partial charge in [0.1, 0.15) is 5.82 Å². The molecular formula is C18H24N6O2. The van der Waals surface area contributed by atoms with Gasteiger partial charge in [-0.3, -0.25) is 9.69 Å². The van der Waals surface area contributed by atoms with Crippen molar-refractivity contribution in [2.24, 2.45) is 5.73 Å². The van der Waals surface area contributed by atoms with E-state index in [9.17, 15) is 4.79 Å². The number of primary amides is 1. The molecule has 4 rings (SSSR count). The topological polar surface area (TPSA) is 101 Å². The first-order chi connectivity index (χ1) is 12.7. The third kappa shape index (κ3) is 3.70. The van der Waals surface area contributed by atoms with Crippen molar-refractivity contribution < 1.29 is 9.21 Å². The largest absolute Gasteiger partial charge is 0.420 e. The molecule has 8 nitrogen and oxygen atoms in total. The van der Waals surface area contributed by atoms with Crippen LogP contribution in [0, 0.1) is 0 Å². The molecule has 0 bridgehead atoms. The SMILES string of the molecule is NC(=O)CN1CCC[C@H](c2nnc(-c3ccc(N4CCCC4)nc3)o2)C1. The first kappa shape index (κ1) is 17.0. The molecule has 2 aliphatic rings. The van der Waals surface area contributed by atoms with E-state index in [1.54, 1.807) is 6.20 Å². The molecule has 1 amide bonds. The van der Waals surface area contributed by atoms with Gasteiger partial charge >= 0.3 is 0 Å². The smallest absolute Gasteiger partial charge is 0.249 e. The summed E-state index contributed by atoms with van der Waals surface area (Å²) < 4.78 is 5.91. The average molecular weight is 356 g/mol. The molecule has 0 radical (unpaired) electrons. The summed E-state index contributed by atoms with van der Waals surface area (Å²) in [5, 5.41) is 8.43. The number of hydrogen-bond acceptors (Lipinski definition) is 7. The number of aromatic nitrogens is 3. The highest BCUT2D eigenvalue weighted by Gasteiger charge is 2.26. The number of nitrogens with two attached hydrogens (primary N) is 1. The number of rotatable bonds is 5. The maximum absolute atomic E-state index is 11.1. The summed E-state index contributed by atoms with van der Waals surface area (Å²) in [4.78, 5) is 20.0. The lowest BCUT2D eigenvalue weighted by atomic mass is 9.98. The van der Waals surface area contributed by atoms with Gasteiger partial charge in [0, 0.05) is 25.8 Å². The molecule has 2 aromatic heterocycles. The first-order valence-corrected chi connectivity index (χ1v) is 9.24. The lowest BCUT2D eigenvalue weighted by Gasteiger charge is -2.29. The monoisotopic (exact) mass is 356 g/mol. The van der Waals surface area contributed by atoms with Crippen molar-refractivity contribution in [3.05, 3.63) is 24.2 Å². The number of piperidine rings is 1. The Hall–Kier alpha value is -2.48. The predicted molar refractivity (Wildman–Crippen MR) is 96.6 cm³/mol. The van der Waals surface area contributed by atoms with E-state index in [1.165, 1.54) is 12.8 Å². The van der Waals surface area contributed by atoms with Gasteiger partial charge in [-0.25, -0.2) is 4.98 Å². The summed E-state index contributed by atoms with van der Waals surface area (Å²) in [6, 6.07) is 4.00. The summed E-state index contributed by atoms with van der Waals surface area (Å²) in [6.07, 6.45) is 6.21. The van der Waals surface area contributed by atoms with Gasteiger partial charge in [0.05, 0.1) is 18.0 Å². The molecule has 1 atom stereocenters. The number of hydrogen-bond donors (Lipinski definition) is 1. The Kier molecular flexibility index (Phi) is 4.83. The van der Waals surface area contributed by atoms with Crippen molar-refractivity contribution in [3.8, 4) is 11.5 Å². The number of carbonyl (C=O) groups excluding carboxylic acids is 1. The molecule has 138 valence electrons. The molecule has 4 heterocycles. The van der Waals surface area contributed by atoms with Crippen molar-refractivity contribution in [2.45, 2.75) is 31.6 Å². The third-order valence-electron chi connectivity index (χ3n) is 5.10. The number of amides is 1. The zero-order valence-electron chi connectivity index (χ0n) is 14.8. The van der Waals surface area contributed by atoms with Crippen LogP contribution in [0.5, 0.6) is 0 Å². The standard InChI is InChI=1S/C18H24N6O2/c19-15(25)12-23-7-3-4-14(11-23)18-22-21-17(26-18)13-5-6-16(20-10-13)24-8-1-2-9-24/h5-6,10,14H,1-4,7-9,11-12H2,(H2,19,25)/t14-/m0/s1. The second-order valence-corrected chi connectivity index (χ2v) is 7.09. The van der Waals surface area contributed by atoms with Crippen LogP contribution in [0.2, 0.25) is 0 Å². The third-order valence-corrected chi connectivity index (χ3v) is 5.10. The lowest BCUT2D eigenvalue weighted by Crippen LogP contribution is -2.40. The minimum atomic E-state index is -0.305. The van der Waals surface area contributed by atoms with E-state index >= 15 is 0 Å². The van der Waals surface area contributed by atoms with Gasteiger partial charge in [0.2, 0.25) is 17.7 Å². The predicted octanol–water partition coefficient (Wildman–Crippen LogP) is 1.40. The molecule has 2 aromatic rings. The van der Waals surface area contributed by atoms with Crippen molar-refractivity contribution >= 4 is 11.7 Å². The van der Waals surface area contributed by atoms with Crippen molar-refractivity contribution in [1.82, 2.24) is 20.1 Å². The van der Waals surface area contributed by atoms with Crippen LogP contribution in [0.1, 0.15) is 37.5 Å². The van der Waals surface area contributed by atoms with E-state index in [0.29, 0.717) is 11.8 Å². The van der Waals surface area contributed by atoms with E-state index in [-0.39, 0.29) is 18.4 Å². The van der Waals surface area contributed by atoms with Crippen LogP contribution in [0.3, 0.4) is 0 Å². The molecule has 2 saturated heterocycles. The molecule has 0 aromatic carbocycles. The van der Waals surface area contributed by atoms with E-state index < -0.39 is 0 Å². The van der Waals surface area contributed by atoms with E-state index in [1.807, 2.05) is 17.0 Å². The lowest BCUT2D eigenvalue weighted by molar-refractivity contribution is -0.119. The van der Waals surface area contributed by atoms with Crippen LogP contribution in [0.15, 0.2) is 22.7 Å². The Morgan fingerprint density at radius 1 is 1.19 bits per heavy atom. The summed E-state index contributed by atoms with van der Waals surface area (Å²) in [5.74, 6) is 1.95. The van der Waals surface area contributed by atoms with Gasteiger partial charge in [-0.2, -0.15) is 0 Å². The molecule has 2 N–H and O–H groups in total. The highest BCUT2D eigenvalue weighted by molar-refractivity contribution is 5.75. The van der Waals surface area contributed by atoms with Crippen molar-refractivity contribution in [2.75, 3.05) is 37.6 Å². The maximum atomic E-state index is 11.1. The van der Waals surface area contributed by atoms with E-state index in [4.69, 9.17) is 10.2 Å². The zero-order valence-corrected chi connectivity index (χ0v) is 14.8. The Morgan fingerprint density at radius 2 is 2.04 bits per heavy atom. The Balaban J connectivity index is 1.44. The van der Waals surface area contributed by atoms with Gasteiger partial charge in [-0.1, -0.05) is 0 Å². The molecule has 0 saturated carbocycles. The molecule has 8 heteroatoms. The van der Waals surface area contributed by atoms with Gasteiger partial charge in [-0.05, 0) is 44.4 Å². The van der Waals surface area contributed by atoms with Crippen molar-refractivity contribution in [1.29, 1.82) is 0 Å². The van der Waals surface area contributed by atoms with Gasteiger partial charge in [-0.15, -0.1) is 10.2 Å². The van der Waals surface area contributed by atoms with Crippen molar-refractivity contribution in [3.63, 3.8) is 0 Å². The van der Waals surface area contributed by atoms with Gasteiger partial charge in [0.25, 0.3) is 0 Å². The maximum Gasteiger partial charge on any atom is 0.249 e. The van der Waals surface area contributed by atoms with Gasteiger partial charge in [0.15, 0.2) is 0 Å². The summed E-state index contributed by atoms with van der Waals surface area (Å²) in [5.41, 5.74) is 6.13. The molecular weight excluding hydrogens is 332 g/mol. The minimum Gasteiger partial charge on any atom is -0.420 e. The molecule has 2 fully saturated rings. The first-order valence-electron chi connectivity index (χ1n) is 9.24. The fourth-order valence-corrected chi connectivity index (χ4v) is 3.78. The number of nitrogens with zero attached hydrogens (tertiary/aromatic N) is 5. The van der Waals surface area contributed by atoms with Crippen LogP contribution < -0.4 is 10.6 Å². The second-order valence-electron chi connectivity index (χ2n) is 7.09. The minimum absolute atomic E-state index is 0.140. The fraction of sp³-hybridized carbons (Fsp3) is 0.556. The Labute approximate surface area is 152 Å². The van der Waals surface area contributed by atoms with E-state index in [2.05, 4.69) is 20.1 Å². The summed E-state index contributed by atoms with van der Waals surface area (Å²) in [6.45, 7) is 4.01. The highest BCUT2D eigenvalue weighted by Crippen LogP contribution is 2.28. The molecule has 0 spiro atoms. The van der Waals surface area contributed by atoms with Crippen LogP contribution in [-0.2, 0) is 4.79 Å². The Morgan fingerprint density at radius 3 is 2.77 bits per heavy atom. The van der Waals surface area contributed by atoms with Crippen LogP contribution in [0.25, 0.3) is 11.5 Å². The molecule has 2 aliphatic heterocycles. The van der Waals surface area contributed by atoms with Crippen LogP contribution in [-0.4, -0.2) is 58.7 Å². The zero-order chi connectivity index (χ0) is 17.9. The fourth-order valence-electron chi connectivity index (χ4n) is 3.78. The van der Waals surface area contributed by atoms with Crippen LogP contribution in [0.4, 0.5) is 5.82 Å². The Bertz CT molecular complexity index is 753. The highest BCUT2D eigenvalue weighted by atomic mass is 16.4. The quantitative estimate of drug-likeness (QED) is 0.864. The second kappa shape index (κ2) is 7.41. The van der Waals surface area contributed by atoms with Crippen LogP contribution >= 0.6 is 0 Å². The average Bonchev–Trinajstić information content (AvgIpc) is 3.34. The number of anilines is 1. The molecule has 26 heavy (non-hydrogen) atoms. The summed E-state index contributed by atoms with van der Waals surface area (Å²) >= 11 is 0. The number of pyridine rings is 1. The molecule has 0 aliphatic carbocycles. The van der Waals surface area contributed by atoms with Gasteiger partial charge < -0.3 is 15.1 Å². The summed E-state index contributed by atoms with van der Waals surface area (Å²) in [7, 11) is 0.